The first-order chi connectivity index (χ1) is 13.8. The van der Waals surface area contributed by atoms with Gasteiger partial charge in [-0.15, -0.1) is 0 Å². The quantitative estimate of drug-likeness (QED) is 0.417. The van der Waals surface area contributed by atoms with Gasteiger partial charge in [-0.2, -0.15) is 0 Å². The molecule has 0 fully saturated rings. The minimum absolute atomic E-state index is 0.274. The van der Waals surface area contributed by atoms with Gasteiger partial charge in [-0.25, -0.2) is 9.38 Å². The van der Waals surface area contributed by atoms with Gasteiger partial charge in [0.1, 0.15) is 11.3 Å². The van der Waals surface area contributed by atoms with Crippen molar-refractivity contribution in [2.45, 2.75) is 26.9 Å². The van der Waals surface area contributed by atoms with Gasteiger partial charge < -0.3 is 4.57 Å². The van der Waals surface area contributed by atoms with Crippen molar-refractivity contribution in [1.29, 1.82) is 0 Å². The second-order valence-electron chi connectivity index (χ2n) is 7.46. The van der Waals surface area contributed by atoms with Gasteiger partial charge in [0.2, 0.25) is 0 Å². The molecule has 2 aromatic rings. The van der Waals surface area contributed by atoms with Crippen molar-refractivity contribution < 1.29 is 4.39 Å². The van der Waals surface area contributed by atoms with Gasteiger partial charge in [-0.3, -0.25) is 4.90 Å². The van der Waals surface area contributed by atoms with Crippen LogP contribution in [0.1, 0.15) is 25.0 Å². The van der Waals surface area contributed by atoms with Crippen molar-refractivity contribution in [1.82, 2.24) is 9.47 Å². The van der Waals surface area contributed by atoms with E-state index in [1.165, 1.54) is 17.7 Å². The van der Waals surface area contributed by atoms with Gasteiger partial charge >= 0.3 is 0 Å². The maximum atomic E-state index is 13.2. The number of halogens is 1. The lowest BCUT2D eigenvalue weighted by Crippen LogP contribution is -2.24. The van der Waals surface area contributed by atoms with Crippen LogP contribution < -0.4 is 5.49 Å². The zero-order valence-electron chi connectivity index (χ0n) is 17.7. The fraction of sp³-hybridized carbons (Fsp3) is 0.240. The molecule has 0 N–H and O–H groups in total. The van der Waals surface area contributed by atoms with Crippen molar-refractivity contribution >= 4 is 5.70 Å². The summed E-state index contributed by atoms with van der Waals surface area (Å²) in [6, 6.07) is 10.4. The maximum Gasteiger partial charge on any atom is 0.133 e. The SMILES string of the molecule is C=C/C=C(\C)Cn1ccc(CN(C)CC(=C)C)cc1=NC(=C)c1ccc(F)cc1. The molecule has 1 aromatic heterocycles. The van der Waals surface area contributed by atoms with E-state index in [0.29, 0.717) is 12.2 Å². The molecule has 1 heterocycles. The Bertz CT molecular complexity index is 978. The van der Waals surface area contributed by atoms with Crippen LogP contribution in [0.3, 0.4) is 0 Å². The lowest BCUT2D eigenvalue weighted by atomic mass is 10.2. The first-order valence-electron chi connectivity index (χ1n) is 9.58. The average molecular weight is 392 g/mol. The van der Waals surface area contributed by atoms with Crippen LogP contribution in [0.15, 0.2) is 90.6 Å². The van der Waals surface area contributed by atoms with Crippen LogP contribution in [0, 0.1) is 5.82 Å². The number of pyridine rings is 1. The summed E-state index contributed by atoms with van der Waals surface area (Å²) in [5.74, 6) is -0.274. The maximum absolute atomic E-state index is 13.2. The third-order valence-electron chi connectivity index (χ3n) is 4.32. The molecule has 152 valence electrons. The summed E-state index contributed by atoms with van der Waals surface area (Å²) in [5, 5.41) is 0. The Morgan fingerprint density at radius 2 is 1.86 bits per heavy atom. The number of nitrogens with zero attached hydrogens (tertiary/aromatic N) is 3. The molecule has 0 spiro atoms. The van der Waals surface area contributed by atoms with Crippen molar-refractivity contribution in [3.8, 4) is 0 Å². The summed E-state index contributed by atoms with van der Waals surface area (Å²) in [6.45, 7) is 18.2. The van der Waals surface area contributed by atoms with E-state index in [1.807, 2.05) is 19.2 Å². The van der Waals surface area contributed by atoms with E-state index in [1.54, 1.807) is 18.2 Å². The molecule has 0 amide bonds. The van der Waals surface area contributed by atoms with Crippen molar-refractivity contribution in [2.24, 2.45) is 4.99 Å². The summed E-state index contributed by atoms with van der Waals surface area (Å²) in [6.07, 6.45) is 5.81. The van der Waals surface area contributed by atoms with Crippen LogP contribution in [0.5, 0.6) is 0 Å². The summed E-state index contributed by atoms with van der Waals surface area (Å²) in [7, 11) is 2.07. The van der Waals surface area contributed by atoms with Crippen LogP contribution >= 0.6 is 0 Å². The van der Waals surface area contributed by atoms with Crippen LogP contribution in [0.25, 0.3) is 5.70 Å². The smallest absolute Gasteiger partial charge is 0.133 e. The van der Waals surface area contributed by atoms with Crippen LogP contribution in [0.2, 0.25) is 0 Å². The van der Waals surface area contributed by atoms with E-state index in [2.05, 4.69) is 55.3 Å². The summed E-state index contributed by atoms with van der Waals surface area (Å²) < 4.78 is 15.3. The number of hydrogen-bond donors (Lipinski definition) is 0. The standard InChI is InChI=1S/C25H30FN3/c1-7-8-20(4)17-29-14-13-22(18-28(6)16-19(2)3)15-25(29)27-21(5)23-9-11-24(26)12-10-23/h7-15H,1-2,5,16-18H2,3-4,6H3/b20-8+,27-25?. The Hall–Kier alpha value is -2.98. The number of allylic oxidation sites excluding steroid dienone is 3. The first-order valence-corrected chi connectivity index (χ1v) is 9.58. The molecule has 0 saturated carbocycles. The third-order valence-corrected chi connectivity index (χ3v) is 4.32. The topological polar surface area (TPSA) is 20.5 Å². The second kappa shape index (κ2) is 10.5. The van der Waals surface area contributed by atoms with Gasteiger partial charge in [0, 0.05) is 25.8 Å². The fourth-order valence-electron chi connectivity index (χ4n) is 3.08. The lowest BCUT2D eigenvalue weighted by molar-refractivity contribution is 0.355. The van der Waals surface area contributed by atoms with Crippen LogP contribution in [-0.4, -0.2) is 23.1 Å². The van der Waals surface area contributed by atoms with Gasteiger partial charge in [0.15, 0.2) is 0 Å². The highest BCUT2D eigenvalue weighted by Crippen LogP contribution is 2.14. The molecule has 3 nitrogen and oxygen atoms in total. The van der Waals surface area contributed by atoms with Crippen molar-refractivity contribution in [3.63, 3.8) is 0 Å². The zero-order valence-corrected chi connectivity index (χ0v) is 17.7. The Morgan fingerprint density at radius 3 is 2.48 bits per heavy atom. The number of hydrogen-bond acceptors (Lipinski definition) is 2. The van der Waals surface area contributed by atoms with E-state index in [-0.39, 0.29) is 5.82 Å². The van der Waals surface area contributed by atoms with E-state index in [9.17, 15) is 4.39 Å². The Morgan fingerprint density at radius 1 is 1.17 bits per heavy atom. The highest BCUT2D eigenvalue weighted by Gasteiger charge is 2.05. The van der Waals surface area contributed by atoms with E-state index >= 15 is 0 Å². The van der Waals surface area contributed by atoms with Gasteiger partial charge in [0.05, 0.1) is 5.70 Å². The Balaban J connectivity index is 2.42. The molecule has 0 aliphatic rings. The van der Waals surface area contributed by atoms with Crippen LogP contribution in [-0.2, 0) is 13.1 Å². The molecule has 2 rings (SSSR count). The minimum atomic E-state index is -0.274. The highest BCUT2D eigenvalue weighted by atomic mass is 19.1. The van der Waals surface area contributed by atoms with Crippen molar-refractivity contribution in [3.05, 3.63) is 108 Å². The van der Waals surface area contributed by atoms with Crippen LogP contribution in [0.4, 0.5) is 4.39 Å². The predicted molar refractivity (Wildman–Crippen MR) is 121 cm³/mol. The second-order valence-corrected chi connectivity index (χ2v) is 7.46. The van der Waals surface area contributed by atoms with Gasteiger partial charge in [-0.1, -0.05) is 43.0 Å². The molecule has 4 heteroatoms. The number of likely N-dealkylation sites (N-methyl/N-ethyl adjacent to an activating group) is 1. The molecule has 29 heavy (non-hydrogen) atoms. The Kier molecular flexibility index (Phi) is 8.10. The van der Waals surface area contributed by atoms with Crippen molar-refractivity contribution in [2.75, 3.05) is 13.6 Å². The summed E-state index contributed by atoms with van der Waals surface area (Å²) in [4.78, 5) is 6.97. The molecule has 0 radical (unpaired) electrons. The molecular weight excluding hydrogens is 361 g/mol. The molecule has 0 atom stereocenters. The molecule has 0 unspecified atom stereocenters. The molecular formula is C25H30FN3. The molecule has 0 aliphatic heterocycles. The molecule has 0 aliphatic carbocycles. The number of rotatable bonds is 9. The highest BCUT2D eigenvalue weighted by molar-refractivity contribution is 5.62. The van der Waals surface area contributed by atoms with Gasteiger partial charge in [-0.05, 0) is 68.4 Å². The molecule has 1 aromatic carbocycles. The van der Waals surface area contributed by atoms with E-state index in [0.717, 1.165) is 35.3 Å². The fourth-order valence-corrected chi connectivity index (χ4v) is 3.08. The van der Waals surface area contributed by atoms with E-state index in [4.69, 9.17) is 4.99 Å². The number of aromatic nitrogens is 1. The largest absolute Gasteiger partial charge is 0.329 e. The average Bonchev–Trinajstić information content (AvgIpc) is 2.64. The molecule has 0 bridgehead atoms. The van der Waals surface area contributed by atoms with Gasteiger partial charge in [0.25, 0.3) is 0 Å². The first kappa shape index (κ1) is 22.3. The predicted octanol–water partition coefficient (Wildman–Crippen LogP) is 5.34. The minimum Gasteiger partial charge on any atom is -0.329 e. The third kappa shape index (κ3) is 7.16. The van der Waals surface area contributed by atoms with E-state index < -0.39 is 0 Å². The zero-order chi connectivity index (χ0) is 21.4. The summed E-state index contributed by atoms with van der Waals surface area (Å²) in [5.41, 5.74) is 5.63. The normalized spacial score (nSPS) is 12.3. The lowest BCUT2D eigenvalue weighted by Gasteiger charge is -2.17. The Labute approximate surface area is 173 Å². The summed E-state index contributed by atoms with van der Waals surface area (Å²) >= 11 is 0. The monoisotopic (exact) mass is 391 g/mol. The number of benzene rings is 1. The molecule has 0 saturated heterocycles.